The Morgan fingerprint density at radius 2 is 2.00 bits per heavy atom. The van der Waals surface area contributed by atoms with E-state index in [1.807, 2.05) is 20.8 Å². The van der Waals surface area contributed by atoms with Crippen LogP contribution in [0.2, 0.25) is 5.02 Å². The smallest absolute Gasteiger partial charge is 0.289 e. The number of alkyl halides is 1. The van der Waals surface area contributed by atoms with Crippen LogP contribution in [-0.2, 0) is 12.1 Å². The highest BCUT2D eigenvalue weighted by Gasteiger charge is 2.20. The van der Waals surface area contributed by atoms with E-state index >= 15 is 0 Å². The highest BCUT2D eigenvalue weighted by molar-refractivity contribution is 6.31. The molecule has 0 unspecified atom stereocenters. The van der Waals surface area contributed by atoms with Gasteiger partial charge in [0.05, 0.1) is 30.6 Å². The summed E-state index contributed by atoms with van der Waals surface area (Å²) in [5.74, 6) is 0.549. The maximum absolute atomic E-state index is 12.3. The lowest BCUT2D eigenvalue weighted by Crippen LogP contribution is -2.36. The van der Waals surface area contributed by atoms with Crippen molar-refractivity contribution in [1.29, 1.82) is 0 Å². The lowest BCUT2D eigenvalue weighted by molar-refractivity contribution is 0.111. The van der Waals surface area contributed by atoms with Gasteiger partial charge in [-0.15, -0.1) is 0 Å². The molecule has 0 fully saturated rings. The first kappa shape index (κ1) is 20.9. The molecule has 0 aliphatic carbocycles. The van der Waals surface area contributed by atoms with Gasteiger partial charge in [-0.2, -0.15) is 5.10 Å². The molecule has 1 aromatic heterocycles. The van der Waals surface area contributed by atoms with E-state index in [2.05, 4.69) is 5.10 Å². The molecule has 6 nitrogen and oxygen atoms in total. The number of hydrogen-bond donors (Lipinski definition) is 0. The fourth-order valence-corrected chi connectivity index (χ4v) is 2.49. The van der Waals surface area contributed by atoms with E-state index < -0.39 is 17.8 Å². The summed E-state index contributed by atoms with van der Waals surface area (Å²) >= 11 is 6.12. The Bertz CT molecular complexity index is 862. The van der Waals surface area contributed by atoms with Crippen molar-refractivity contribution in [2.75, 3.05) is 13.3 Å². The zero-order valence-corrected chi connectivity index (χ0v) is 16.3. The predicted octanol–water partition coefficient (Wildman–Crippen LogP) is 3.78. The molecule has 0 saturated carbocycles. The number of halogens is 2. The quantitative estimate of drug-likeness (QED) is 0.501. The van der Waals surface area contributed by atoms with E-state index in [0.29, 0.717) is 23.2 Å². The summed E-state index contributed by atoms with van der Waals surface area (Å²) < 4.78 is 24.4. The van der Waals surface area contributed by atoms with Crippen LogP contribution in [0.15, 0.2) is 29.2 Å². The van der Waals surface area contributed by atoms with Crippen LogP contribution in [-0.4, -0.2) is 29.3 Å². The molecule has 2 rings (SSSR count). The van der Waals surface area contributed by atoms with Gasteiger partial charge in [0, 0.05) is 6.42 Å². The van der Waals surface area contributed by atoms with Crippen molar-refractivity contribution >= 4 is 17.9 Å². The Kier molecular flexibility index (Phi) is 6.96. The van der Waals surface area contributed by atoms with E-state index in [1.54, 1.807) is 18.2 Å². The zero-order valence-electron chi connectivity index (χ0n) is 15.5. The number of aromatic nitrogens is 2. The van der Waals surface area contributed by atoms with Crippen molar-refractivity contribution in [3.05, 3.63) is 50.9 Å². The zero-order chi connectivity index (χ0) is 20.0. The topological polar surface area (TPSA) is 70.4 Å². The van der Waals surface area contributed by atoms with E-state index in [0.717, 1.165) is 0 Å². The normalized spacial score (nSPS) is 11.3. The largest absolute Gasteiger partial charge is 0.493 e. The Labute approximate surface area is 161 Å². The summed E-state index contributed by atoms with van der Waals surface area (Å²) in [5.41, 5.74) is 0.0796. The van der Waals surface area contributed by atoms with Gasteiger partial charge in [0.2, 0.25) is 0 Å². The van der Waals surface area contributed by atoms with Gasteiger partial charge in [-0.3, -0.25) is 14.0 Å². The Hall–Kier alpha value is -2.41. The summed E-state index contributed by atoms with van der Waals surface area (Å²) in [6.07, 6.45) is 2.31. The van der Waals surface area contributed by atoms with Crippen molar-refractivity contribution in [1.82, 2.24) is 9.78 Å². The van der Waals surface area contributed by atoms with Gasteiger partial charge in [0.25, 0.3) is 5.56 Å². The summed E-state index contributed by atoms with van der Waals surface area (Å²) in [4.78, 5) is 23.6. The minimum Gasteiger partial charge on any atom is -0.493 e. The molecule has 146 valence electrons. The number of hydrogen-bond acceptors (Lipinski definition) is 5. The van der Waals surface area contributed by atoms with E-state index in [1.165, 1.54) is 10.9 Å². The van der Waals surface area contributed by atoms with Gasteiger partial charge in [-0.1, -0.05) is 17.7 Å². The third-order valence-electron chi connectivity index (χ3n) is 3.65. The first-order chi connectivity index (χ1) is 12.8. The van der Waals surface area contributed by atoms with E-state index in [-0.39, 0.29) is 30.4 Å². The van der Waals surface area contributed by atoms with Crippen molar-refractivity contribution in [3.63, 3.8) is 0 Å². The van der Waals surface area contributed by atoms with Crippen molar-refractivity contribution in [2.24, 2.45) is 0 Å². The summed E-state index contributed by atoms with van der Waals surface area (Å²) in [5, 5.41) is 4.05. The molecule has 0 N–H and O–H groups in total. The number of ether oxygens (including phenoxy) is 2. The average Bonchev–Trinajstić information content (AvgIpc) is 2.62. The second-order valence-electron chi connectivity index (χ2n) is 6.88. The Morgan fingerprint density at radius 1 is 1.26 bits per heavy atom. The van der Waals surface area contributed by atoms with Crippen molar-refractivity contribution < 1.29 is 18.7 Å². The molecule has 1 aromatic carbocycles. The predicted molar refractivity (Wildman–Crippen MR) is 101 cm³/mol. The van der Waals surface area contributed by atoms with Crippen LogP contribution < -0.4 is 15.0 Å². The third kappa shape index (κ3) is 5.29. The molecular weight excluding hydrogens is 375 g/mol. The first-order valence-electron chi connectivity index (χ1n) is 8.46. The van der Waals surface area contributed by atoms with Crippen LogP contribution in [0.3, 0.4) is 0 Å². The van der Waals surface area contributed by atoms with Crippen LogP contribution in [0, 0.1) is 0 Å². The molecule has 0 amide bonds. The number of aldehydes is 1. The van der Waals surface area contributed by atoms with Crippen LogP contribution in [0.25, 0.3) is 0 Å². The van der Waals surface area contributed by atoms with Gasteiger partial charge in [0.1, 0.15) is 12.4 Å². The molecule has 8 heteroatoms. The van der Waals surface area contributed by atoms with Gasteiger partial charge in [-0.05, 0) is 38.5 Å². The lowest BCUT2D eigenvalue weighted by Gasteiger charge is -2.21. The second kappa shape index (κ2) is 8.99. The highest BCUT2D eigenvalue weighted by atomic mass is 35.5. The number of carbonyl (C=O) groups excluding carboxylic acids is 1. The SMILES string of the molecule is CC(C)(C)n1ncc(OCc2ccc(OCCCF)c(C=O)c2)c(Cl)c1=O. The Morgan fingerprint density at radius 3 is 2.63 bits per heavy atom. The molecule has 0 aliphatic heterocycles. The van der Waals surface area contributed by atoms with Crippen LogP contribution in [0.5, 0.6) is 11.5 Å². The number of rotatable bonds is 8. The van der Waals surface area contributed by atoms with Gasteiger partial charge >= 0.3 is 0 Å². The summed E-state index contributed by atoms with van der Waals surface area (Å²) in [6.45, 7) is 5.33. The monoisotopic (exact) mass is 396 g/mol. The van der Waals surface area contributed by atoms with Crippen molar-refractivity contribution in [2.45, 2.75) is 39.3 Å². The maximum Gasteiger partial charge on any atom is 0.289 e. The number of nitrogens with zero attached hydrogens (tertiary/aromatic N) is 2. The van der Waals surface area contributed by atoms with E-state index in [4.69, 9.17) is 21.1 Å². The van der Waals surface area contributed by atoms with Crippen LogP contribution in [0.1, 0.15) is 43.1 Å². The third-order valence-corrected chi connectivity index (χ3v) is 4.00. The summed E-state index contributed by atoms with van der Waals surface area (Å²) in [6, 6.07) is 4.95. The molecule has 2 aromatic rings. The average molecular weight is 397 g/mol. The van der Waals surface area contributed by atoms with Gasteiger partial charge in [-0.25, -0.2) is 4.68 Å². The van der Waals surface area contributed by atoms with Crippen molar-refractivity contribution in [3.8, 4) is 11.5 Å². The first-order valence-corrected chi connectivity index (χ1v) is 8.83. The standard InChI is InChI=1S/C19H22ClFN2O4/c1-19(2,3)23-18(25)17(20)16(10-22-23)27-12-13-5-6-15(14(9-13)11-24)26-8-4-7-21/h5-6,9-11H,4,7-8,12H2,1-3H3. The van der Waals surface area contributed by atoms with Gasteiger partial charge in [0.15, 0.2) is 17.1 Å². The molecule has 0 spiro atoms. The lowest BCUT2D eigenvalue weighted by atomic mass is 10.1. The number of carbonyl (C=O) groups is 1. The molecular formula is C19H22ClFN2O4. The molecule has 0 atom stereocenters. The summed E-state index contributed by atoms with van der Waals surface area (Å²) in [7, 11) is 0. The second-order valence-corrected chi connectivity index (χ2v) is 7.26. The molecule has 0 bridgehead atoms. The minimum absolute atomic E-state index is 0.0540. The molecule has 27 heavy (non-hydrogen) atoms. The van der Waals surface area contributed by atoms with Crippen LogP contribution >= 0.6 is 11.6 Å². The number of benzene rings is 1. The molecule has 0 saturated heterocycles. The molecule has 1 heterocycles. The van der Waals surface area contributed by atoms with E-state index in [9.17, 15) is 14.0 Å². The maximum atomic E-state index is 12.3. The minimum atomic E-state index is -0.504. The van der Waals surface area contributed by atoms with Crippen LogP contribution in [0.4, 0.5) is 4.39 Å². The fraction of sp³-hybridized carbons (Fsp3) is 0.421. The molecule has 0 radical (unpaired) electrons. The van der Waals surface area contributed by atoms with Gasteiger partial charge < -0.3 is 9.47 Å². The fourth-order valence-electron chi connectivity index (χ4n) is 2.31. The highest BCUT2D eigenvalue weighted by Crippen LogP contribution is 2.23. The molecule has 0 aliphatic rings. The Balaban J connectivity index is 2.14.